The average Bonchev–Trinajstić information content (AvgIpc) is 2.76. The van der Waals surface area contributed by atoms with Gasteiger partial charge in [-0.3, -0.25) is 0 Å². The Balaban J connectivity index is 2.44. The fourth-order valence-corrected chi connectivity index (χ4v) is 3.35. The first-order chi connectivity index (χ1) is 8.61. The summed E-state index contributed by atoms with van der Waals surface area (Å²) in [5.74, 6) is 0. The molecule has 1 unspecified atom stereocenters. The van der Waals surface area contributed by atoms with Gasteiger partial charge in [0, 0.05) is 14.9 Å². The van der Waals surface area contributed by atoms with E-state index in [2.05, 4.69) is 12.2 Å². The number of rotatable bonds is 4. The molecular formula is C13H12Cl3NS. The highest BCUT2D eigenvalue weighted by Crippen LogP contribution is 2.35. The maximum Gasteiger partial charge on any atom is 0.0931 e. The van der Waals surface area contributed by atoms with Gasteiger partial charge in [0.15, 0.2) is 0 Å². The number of nitrogens with one attached hydrogen (secondary N) is 1. The molecule has 1 aromatic carbocycles. The minimum atomic E-state index is 0.0266. The third-order valence-electron chi connectivity index (χ3n) is 2.56. The van der Waals surface area contributed by atoms with Crippen molar-refractivity contribution in [2.45, 2.75) is 13.0 Å². The molecule has 0 saturated heterocycles. The fraction of sp³-hybridized carbons (Fsp3) is 0.231. The van der Waals surface area contributed by atoms with E-state index in [0.717, 1.165) is 21.3 Å². The summed E-state index contributed by atoms with van der Waals surface area (Å²) in [4.78, 5) is 1.13. The van der Waals surface area contributed by atoms with Crippen LogP contribution in [-0.4, -0.2) is 6.54 Å². The minimum absolute atomic E-state index is 0.0266. The summed E-state index contributed by atoms with van der Waals surface area (Å²) in [6.07, 6.45) is 0. The van der Waals surface area contributed by atoms with Gasteiger partial charge in [0.2, 0.25) is 0 Å². The summed E-state index contributed by atoms with van der Waals surface area (Å²) in [5.41, 5.74) is 0.976. The van der Waals surface area contributed by atoms with Crippen LogP contribution < -0.4 is 5.32 Å². The van der Waals surface area contributed by atoms with Crippen molar-refractivity contribution in [1.82, 2.24) is 5.32 Å². The molecule has 0 bridgehead atoms. The Labute approximate surface area is 126 Å². The second kappa shape index (κ2) is 6.27. The smallest absolute Gasteiger partial charge is 0.0931 e. The fourth-order valence-electron chi connectivity index (χ4n) is 1.79. The lowest BCUT2D eigenvalue weighted by Crippen LogP contribution is -2.21. The van der Waals surface area contributed by atoms with E-state index in [1.807, 2.05) is 24.3 Å². The van der Waals surface area contributed by atoms with Crippen molar-refractivity contribution < 1.29 is 0 Å². The summed E-state index contributed by atoms with van der Waals surface area (Å²) >= 11 is 19.8. The topological polar surface area (TPSA) is 12.0 Å². The quantitative estimate of drug-likeness (QED) is 0.794. The van der Waals surface area contributed by atoms with Gasteiger partial charge in [0.25, 0.3) is 0 Å². The van der Waals surface area contributed by atoms with Gasteiger partial charge in [-0.1, -0.05) is 41.7 Å². The van der Waals surface area contributed by atoms with E-state index in [1.54, 1.807) is 17.4 Å². The third kappa shape index (κ3) is 3.19. The molecule has 0 spiro atoms. The van der Waals surface area contributed by atoms with E-state index in [0.29, 0.717) is 10.0 Å². The predicted molar refractivity (Wildman–Crippen MR) is 81.3 cm³/mol. The minimum Gasteiger partial charge on any atom is -0.306 e. The zero-order chi connectivity index (χ0) is 13.1. The molecule has 0 aliphatic carbocycles. The van der Waals surface area contributed by atoms with Crippen molar-refractivity contribution in [3.63, 3.8) is 0 Å². The summed E-state index contributed by atoms with van der Waals surface area (Å²) in [6, 6.07) is 9.43. The largest absolute Gasteiger partial charge is 0.306 e. The van der Waals surface area contributed by atoms with E-state index in [9.17, 15) is 0 Å². The van der Waals surface area contributed by atoms with Gasteiger partial charge in [-0.15, -0.1) is 11.3 Å². The van der Waals surface area contributed by atoms with E-state index >= 15 is 0 Å². The van der Waals surface area contributed by atoms with Crippen LogP contribution in [0.15, 0.2) is 30.3 Å². The lowest BCUT2D eigenvalue weighted by Gasteiger charge is -2.18. The number of halogens is 3. The molecule has 0 amide bonds. The molecule has 1 nitrogen and oxygen atoms in total. The highest BCUT2D eigenvalue weighted by molar-refractivity contribution is 7.16. The summed E-state index contributed by atoms with van der Waals surface area (Å²) in [6.45, 7) is 2.89. The zero-order valence-corrected chi connectivity index (χ0v) is 12.8. The van der Waals surface area contributed by atoms with Gasteiger partial charge in [-0.05, 0) is 42.4 Å². The molecule has 5 heteroatoms. The molecule has 1 N–H and O–H groups in total. The molecule has 18 heavy (non-hydrogen) atoms. The molecule has 0 fully saturated rings. The van der Waals surface area contributed by atoms with Gasteiger partial charge in [-0.25, -0.2) is 0 Å². The van der Waals surface area contributed by atoms with Crippen molar-refractivity contribution >= 4 is 46.1 Å². The summed E-state index contributed by atoms with van der Waals surface area (Å²) in [5, 5.41) is 4.79. The molecule has 0 aliphatic rings. The predicted octanol–water partition coefficient (Wildman–Crippen LogP) is 5.41. The molecule has 0 saturated carbocycles. The van der Waals surface area contributed by atoms with Gasteiger partial charge in [0.1, 0.15) is 0 Å². The summed E-state index contributed by atoms with van der Waals surface area (Å²) in [7, 11) is 0. The highest BCUT2D eigenvalue weighted by Gasteiger charge is 2.18. The molecule has 1 atom stereocenters. The highest BCUT2D eigenvalue weighted by atomic mass is 35.5. The lowest BCUT2D eigenvalue weighted by molar-refractivity contribution is 0.640. The zero-order valence-electron chi connectivity index (χ0n) is 9.71. The van der Waals surface area contributed by atoms with Crippen molar-refractivity contribution in [2.75, 3.05) is 6.54 Å². The normalized spacial score (nSPS) is 12.7. The van der Waals surface area contributed by atoms with Crippen LogP contribution >= 0.6 is 46.1 Å². The van der Waals surface area contributed by atoms with Gasteiger partial charge in [0.05, 0.1) is 10.4 Å². The lowest BCUT2D eigenvalue weighted by atomic mass is 10.1. The van der Waals surface area contributed by atoms with Crippen molar-refractivity contribution in [3.8, 4) is 0 Å². The monoisotopic (exact) mass is 319 g/mol. The average molecular weight is 321 g/mol. The van der Waals surface area contributed by atoms with Gasteiger partial charge >= 0.3 is 0 Å². The van der Waals surface area contributed by atoms with Crippen molar-refractivity contribution in [3.05, 3.63) is 55.2 Å². The van der Waals surface area contributed by atoms with Gasteiger partial charge < -0.3 is 5.32 Å². The van der Waals surface area contributed by atoms with Crippen LogP contribution in [0.1, 0.15) is 23.4 Å². The van der Waals surface area contributed by atoms with Crippen LogP contribution in [0.3, 0.4) is 0 Å². The van der Waals surface area contributed by atoms with Gasteiger partial charge in [-0.2, -0.15) is 0 Å². The number of hydrogen-bond donors (Lipinski definition) is 1. The first kappa shape index (κ1) is 14.2. The van der Waals surface area contributed by atoms with E-state index in [1.165, 1.54) is 0 Å². The molecule has 1 aromatic heterocycles. The molecule has 0 aliphatic heterocycles. The Bertz CT molecular complexity index is 539. The molecule has 2 aromatic rings. The number of hydrogen-bond acceptors (Lipinski definition) is 2. The second-order valence-corrected chi connectivity index (χ2v) is 6.39. The van der Waals surface area contributed by atoms with E-state index in [-0.39, 0.29) is 6.04 Å². The number of benzene rings is 1. The van der Waals surface area contributed by atoms with Crippen LogP contribution in [0.25, 0.3) is 0 Å². The maximum atomic E-state index is 6.26. The standard InChI is InChI=1S/C13H12Cl3NS/c1-2-17-13(11-5-6-12(16)18-11)9-7-8(14)3-4-10(9)15/h3-7,13,17H,2H2,1H3. The Morgan fingerprint density at radius 3 is 2.56 bits per heavy atom. The van der Waals surface area contributed by atoms with E-state index < -0.39 is 0 Å². The van der Waals surface area contributed by atoms with Crippen molar-refractivity contribution in [1.29, 1.82) is 0 Å². The first-order valence-electron chi connectivity index (χ1n) is 5.55. The molecule has 0 radical (unpaired) electrons. The first-order valence-corrected chi connectivity index (χ1v) is 7.50. The Kier molecular flexibility index (Phi) is 4.93. The molecular weight excluding hydrogens is 309 g/mol. The Morgan fingerprint density at radius 1 is 1.17 bits per heavy atom. The van der Waals surface area contributed by atoms with Crippen LogP contribution in [0.2, 0.25) is 14.4 Å². The number of thiophene rings is 1. The molecule has 2 rings (SSSR count). The van der Waals surface area contributed by atoms with Crippen LogP contribution in [-0.2, 0) is 0 Å². The molecule has 96 valence electrons. The Morgan fingerprint density at radius 2 is 1.94 bits per heavy atom. The molecule has 1 heterocycles. The third-order valence-corrected chi connectivity index (χ3v) is 4.43. The Hall–Kier alpha value is -0.250. The summed E-state index contributed by atoms with van der Waals surface area (Å²) < 4.78 is 0.769. The van der Waals surface area contributed by atoms with E-state index in [4.69, 9.17) is 34.8 Å². The van der Waals surface area contributed by atoms with Crippen LogP contribution in [0.5, 0.6) is 0 Å². The van der Waals surface area contributed by atoms with Crippen LogP contribution in [0, 0.1) is 0 Å². The SMILES string of the molecule is CCNC(c1ccc(Cl)s1)c1cc(Cl)ccc1Cl. The maximum absolute atomic E-state index is 6.26. The van der Waals surface area contributed by atoms with Crippen LogP contribution in [0.4, 0.5) is 0 Å². The van der Waals surface area contributed by atoms with Crippen molar-refractivity contribution in [2.24, 2.45) is 0 Å². The second-order valence-electron chi connectivity index (χ2n) is 3.80.